The minimum atomic E-state index is -0.459. The average molecular weight is 390 g/mol. The maximum atomic E-state index is 10.7. The summed E-state index contributed by atoms with van der Waals surface area (Å²) in [7, 11) is 0. The lowest BCUT2D eigenvalue weighted by atomic mass is 9.78. The molecule has 1 saturated heterocycles. The summed E-state index contributed by atoms with van der Waals surface area (Å²) < 4.78 is 6.20. The molecule has 3 aromatic rings. The predicted molar refractivity (Wildman–Crippen MR) is 112 cm³/mol. The van der Waals surface area contributed by atoms with Gasteiger partial charge >= 0.3 is 0 Å². The van der Waals surface area contributed by atoms with E-state index in [-0.39, 0.29) is 6.10 Å². The van der Waals surface area contributed by atoms with Crippen molar-refractivity contribution in [1.82, 2.24) is 15.0 Å². The van der Waals surface area contributed by atoms with Crippen molar-refractivity contribution in [3.63, 3.8) is 0 Å². The molecule has 6 heteroatoms. The van der Waals surface area contributed by atoms with Gasteiger partial charge in [-0.2, -0.15) is 0 Å². The first-order chi connectivity index (χ1) is 14.1. The zero-order valence-electron chi connectivity index (χ0n) is 16.8. The summed E-state index contributed by atoms with van der Waals surface area (Å²) in [6.45, 7) is 5.76. The number of aryl methyl sites for hydroxylation is 2. The molecule has 0 unspecified atom stereocenters. The summed E-state index contributed by atoms with van der Waals surface area (Å²) in [5.41, 5.74) is 3.68. The summed E-state index contributed by atoms with van der Waals surface area (Å²) in [6, 6.07) is 11.9. The van der Waals surface area contributed by atoms with Crippen LogP contribution in [0.1, 0.15) is 24.2 Å². The zero-order chi connectivity index (χ0) is 20.0. The SMILES string of the molecule is Cc1ccc(O[C@@H]2C[C@@H]3CN(c4cnc5ccccc5n4)C[C@@H]3C[C@H]2O)c(C)n1. The van der Waals surface area contributed by atoms with Crippen LogP contribution in [0.3, 0.4) is 0 Å². The van der Waals surface area contributed by atoms with Crippen molar-refractivity contribution in [3.8, 4) is 5.75 Å². The van der Waals surface area contributed by atoms with Crippen LogP contribution in [0.25, 0.3) is 11.0 Å². The second-order valence-electron chi connectivity index (χ2n) is 8.37. The highest BCUT2D eigenvalue weighted by atomic mass is 16.5. The lowest BCUT2D eigenvalue weighted by molar-refractivity contribution is -0.0236. The Balaban J connectivity index is 1.31. The quantitative estimate of drug-likeness (QED) is 0.740. The lowest BCUT2D eigenvalue weighted by Gasteiger charge is -2.35. The van der Waals surface area contributed by atoms with Gasteiger partial charge in [0.25, 0.3) is 0 Å². The fraction of sp³-hybridized carbons (Fsp3) is 0.435. The molecule has 0 amide bonds. The molecule has 3 heterocycles. The van der Waals surface area contributed by atoms with Gasteiger partial charge in [0, 0.05) is 18.8 Å². The Bertz CT molecular complexity index is 1040. The van der Waals surface area contributed by atoms with Crippen molar-refractivity contribution in [3.05, 3.63) is 54.0 Å². The summed E-state index contributed by atoms with van der Waals surface area (Å²) in [6.07, 6.45) is 2.81. The molecule has 1 saturated carbocycles. The van der Waals surface area contributed by atoms with Gasteiger partial charge in [0.2, 0.25) is 0 Å². The first-order valence-electron chi connectivity index (χ1n) is 10.3. The number of fused-ring (bicyclic) bond motifs is 2. The molecule has 150 valence electrons. The molecule has 6 nitrogen and oxygen atoms in total. The highest BCUT2D eigenvalue weighted by molar-refractivity contribution is 5.75. The Morgan fingerprint density at radius 2 is 1.72 bits per heavy atom. The number of ether oxygens (including phenoxy) is 1. The van der Waals surface area contributed by atoms with E-state index in [9.17, 15) is 5.11 Å². The minimum absolute atomic E-state index is 0.193. The van der Waals surface area contributed by atoms with Crippen molar-refractivity contribution in [2.45, 2.75) is 38.9 Å². The number of para-hydroxylation sites is 2. The van der Waals surface area contributed by atoms with E-state index in [2.05, 4.69) is 14.9 Å². The van der Waals surface area contributed by atoms with E-state index < -0.39 is 6.10 Å². The third-order valence-corrected chi connectivity index (χ3v) is 6.30. The predicted octanol–water partition coefficient (Wildman–Crippen LogP) is 3.30. The summed E-state index contributed by atoms with van der Waals surface area (Å²) >= 11 is 0. The number of pyridine rings is 1. The highest BCUT2D eigenvalue weighted by Crippen LogP contribution is 2.39. The fourth-order valence-electron chi connectivity index (χ4n) is 4.77. The third kappa shape index (κ3) is 3.53. The van der Waals surface area contributed by atoms with Crippen molar-refractivity contribution < 1.29 is 9.84 Å². The summed E-state index contributed by atoms with van der Waals surface area (Å²) in [5, 5.41) is 10.7. The van der Waals surface area contributed by atoms with Crippen molar-refractivity contribution >= 4 is 16.9 Å². The molecular formula is C23H26N4O2. The van der Waals surface area contributed by atoms with Crippen molar-refractivity contribution in [2.24, 2.45) is 11.8 Å². The second-order valence-corrected chi connectivity index (χ2v) is 8.37. The smallest absolute Gasteiger partial charge is 0.147 e. The van der Waals surface area contributed by atoms with Gasteiger partial charge in [-0.3, -0.25) is 9.97 Å². The number of aliphatic hydroxyl groups is 1. The van der Waals surface area contributed by atoms with Crippen molar-refractivity contribution in [2.75, 3.05) is 18.0 Å². The lowest BCUT2D eigenvalue weighted by Crippen LogP contribution is -2.42. The molecule has 2 fully saturated rings. The number of hydrogen-bond acceptors (Lipinski definition) is 6. The van der Waals surface area contributed by atoms with Crippen LogP contribution in [0.15, 0.2) is 42.6 Å². The van der Waals surface area contributed by atoms with E-state index >= 15 is 0 Å². The van der Waals surface area contributed by atoms with Gasteiger partial charge in [-0.25, -0.2) is 4.98 Å². The van der Waals surface area contributed by atoms with Gasteiger partial charge in [-0.15, -0.1) is 0 Å². The van der Waals surface area contributed by atoms with Crippen LogP contribution in [0.2, 0.25) is 0 Å². The van der Waals surface area contributed by atoms with Crippen LogP contribution in [-0.2, 0) is 0 Å². The molecule has 1 N–H and O–H groups in total. The van der Waals surface area contributed by atoms with Gasteiger partial charge in [-0.05, 0) is 62.8 Å². The normalized spacial score (nSPS) is 26.5. The summed E-state index contributed by atoms with van der Waals surface area (Å²) in [4.78, 5) is 16.1. The van der Waals surface area contributed by atoms with E-state index in [1.165, 1.54) is 0 Å². The molecule has 1 aromatic carbocycles. The number of nitrogens with zero attached hydrogens (tertiary/aromatic N) is 4. The molecule has 1 aliphatic carbocycles. The van der Waals surface area contributed by atoms with E-state index in [1.54, 1.807) is 0 Å². The maximum Gasteiger partial charge on any atom is 0.147 e. The molecule has 29 heavy (non-hydrogen) atoms. The van der Waals surface area contributed by atoms with Gasteiger partial charge in [0.15, 0.2) is 0 Å². The summed E-state index contributed by atoms with van der Waals surface area (Å²) in [5.74, 6) is 2.63. The monoisotopic (exact) mass is 390 g/mol. The molecule has 5 rings (SSSR count). The van der Waals surface area contributed by atoms with Gasteiger partial charge < -0.3 is 14.7 Å². The first kappa shape index (κ1) is 18.3. The van der Waals surface area contributed by atoms with Gasteiger partial charge in [0.1, 0.15) is 17.7 Å². The molecule has 2 aromatic heterocycles. The van der Waals surface area contributed by atoms with E-state index in [0.29, 0.717) is 11.8 Å². The molecule has 4 atom stereocenters. The van der Waals surface area contributed by atoms with Crippen LogP contribution in [0, 0.1) is 25.7 Å². The molecule has 0 spiro atoms. The average Bonchev–Trinajstić information content (AvgIpc) is 3.12. The fourth-order valence-corrected chi connectivity index (χ4v) is 4.77. The topological polar surface area (TPSA) is 71.4 Å². The van der Waals surface area contributed by atoms with Crippen LogP contribution >= 0.6 is 0 Å². The van der Waals surface area contributed by atoms with Crippen LogP contribution in [0.5, 0.6) is 5.75 Å². The number of rotatable bonds is 3. The Hall–Kier alpha value is -2.73. The van der Waals surface area contributed by atoms with E-state index in [1.807, 2.05) is 56.4 Å². The molecule has 0 bridgehead atoms. The zero-order valence-corrected chi connectivity index (χ0v) is 16.8. The highest BCUT2D eigenvalue weighted by Gasteiger charge is 2.43. The Morgan fingerprint density at radius 1 is 0.966 bits per heavy atom. The second kappa shape index (κ2) is 7.26. The maximum absolute atomic E-state index is 10.7. The van der Waals surface area contributed by atoms with E-state index in [4.69, 9.17) is 9.72 Å². The standard InChI is InChI=1S/C23H26N4O2/c1-14-7-8-21(15(2)25-14)29-22-10-17-13-27(12-16(17)9-20(22)28)23-11-24-18-5-3-4-6-19(18)26-23/h3-8,11,16-17,20,22,28H,9-10,12-13H2,1-2H3/t16-,17+,20+,22+/m0/s1. The van der Waals surface area contributed by atoms with Crippen molar-refractivity contribution in [1.29, 1.82) is 0 Å². The third-order valence-electron chi connectivity index (χ3n) is 6.30. The minimum Gasteiger partial charge on any atom is -0.486 e. The number of aliphatic hydroxyl groups excluding tert-OH is 1. The van der Waals surface area contributed by atoms with Crippen LogP contribution in [0.4, 0.5) is 5.82 Å². The van der Waals surface area contributed by atoms with Gasteiger partial charge in [-0.1, -0.05) is 12.1 Å². The number of hydrogen-bond donors (Lipinski definition) is 1. The van der Waals surface area contributed by atoms with Crippen LogP contribution in [-0.4, -0.2) is 45.4 Å². The Kier molecular flexibility index (Phi) is 4.59. The van der Waals surface area contributed by atoms with Gasteiger partial charge in [0.05, 0.1) is 29.0 Å². The van der Waals surface area contributed by atoms with Crippen LogP contribution < -0.4 is 9.64 Å². The largest absolute Gasteiger partial charge is 0.486 e. The van der Waals surface area contributed by atoms with E-state index in [0.717, 1.165) is 59.9 Å². The molecule has 2 aliphatic rings. The molecule has 1 aliphatic heterocycles. The first-order valence-corrected chi connectivity index (χ1v) is 10.3. The number of benzene rings is 1. The molecular weight excluding hydrogens is 364 g/mol. The molecule has 0 radical (unpaired) electrons. The Labute approximate surface area is 170 Å². The number of aromatic nitrogens is 3. The Morgan fingerprint density at radius 3 is 2.52 bits per heavy atom. The number of anilines is 1.